The fraction of sp³-hybridized carbons (Fsp3) is 0.308. The number of thiazole rings is 1. The lowest BCUT2D eigenvalue weighted by atomic mass is 9.98. The zero-order chi connectivity index (χ0) is 12.7. The molecule has 94 valence electrons. The van der Waals surface area contributed by atoms with Crippen molar-refractivity contribution in [1.82, 2.24) is 4.98 Å². The van der Waals surface area contributed by atoms with Gasteiger partial charge in [-0.05, 0) is 25.1 Å². The summed E-state index contributed by atoms with van der Waals surface area (Å²) in [6.45, 7) is 1.93. The second kappa shape index (κ2) is 4.33. The molecule has 0 saturated heterocycles. The summed E-state index contributed by atoms with van der Waals surface area (Å²) >= 11 is 1.55. The topological polar surface area (TPSA) is 42.4 Å². The van der Waals surface area contributed by atoms with Crippen LogP contribution in [-0.4, -0.2) is 10.1 Å². The second-order valence-corrected chi connectivity index (χ2v) is 5.39. The molecule has 3 rings (SSSR count). The molecule has 1 unspecified atom stereocenters. The molecule has 0 aliphatic carbocycles. The highest BCUT2D eigenvalue weighted by Crippen LogP contribution is 2.40. The lowest BCUT2D eigenvalue weighted by Crippen LogP contribution is -2.19. The van der Waals surface area contributed by atoms with Crippen LogP contribution in [-0.2, 0) is 0 Å². The van der Waals surface area contributed by atoms with E-state index in [2.05, 4.69) is 4.98 Å². The Kier molecular flexibility index (Phi) is 2.80. The van der Waals surface area contributed by atoms with Crippen molar-refractivity contribution in [2.24, 2.45) is 0 Å². The minimum atomic E-state index is -0.712. The predicted molar refractivity (Wildman–Crippen MR) is 66.2 cm³/mol. The van der Waals surface area contributed by atoms with Crippen LogP contribution in [0.4, 0.5) is 4.39 Å². The fourth-order valence-electron chi connectivity index (χ4n) is 2.13. The molecule has 5 heteroatoms. The fourth-order valence-corrected chi connectivity index (χ4v) is 2.78. The first-order valence-electron chi connectivity index (χ1n) is 5.69. The lowest BCUT2D eigenvalue weighted by molar-refractivity contribution is 0.0635. The molecule has 1 aliphatic heterocycles. The van der Waals surface area contributed by atoms with Crippen molar-refractivity contribution in [2.45, 2.75) is 25.6 Å². The van der Waals surface area contributed by atoms with Crippen molar-refractivity contribution in [3.63, 3.8) is 0 Å². The van der Waals surface area contributed by atoms with Gasteiger partial charge in [-0.2, -0.15) is 0 Å². The Hall–Kier alpha value is -1.46. The van der Waals surface area contributed by atoms with Crippen LogP contribution < -0.4 is 4.74 Å². The molecule has 2 heterocycles. The number of fused-ring (bicyclic) bond motifs is 1. The Labute approximate surface area is 108 Å². The van der Waals surface area contributed by atoms with Crippen molar-refractivity contribution in [1.29, 1.82) is 0 Å². The third-order valence-corrected chi connectivity index (χ3v) is 3.80. The summed E-state index contributed by atoms with van der Waals surface area (Å²) in [6, 6.07) is 4.21. The molecule has 3 nitrogen and oxygen atoms in total. The number of aryl methyl sites for hydroxylation is 1. The molecule has 2 atom stereocenters. The maximum atomic E-state index is 13.1. The van der Waals surface area contributed by atoms with E-state index in [1.807, 2.05) is 12.3 Å². The van der Waals surface area contributed by atoms with Gasteiger partial charge in [0.05, 0.1) is 16.8 Å². The third-order valence-electron chi connectivity index (χ3n) is 3.00. The minimum Gasteiger partial charge on any atom is -0.484 e. The summed E-state index contributed by atoms with van der Waals surface area (Å²) in [4.78, 5) is 4.37. The van der Waals surface area contributed by atoms with Crippen molar-refractivity contribution < 1.29 is 14.2 Å². The maximum absolute atomic E-state index is 13.1. The zero-order valence-corrected chi connectivity index (χ0v) is 10.6. The van der Waals surface area contributed by atoms with Crippen LogP contribution in [0, 0.1) is 12.7 Å². The minimum absolute atomic E-state index is 0.261. The van der Waals surface area contributed by atoms with E-state index in [0.29, 0.717) is 17.7 Å². The molecule has 2 aromatic rings. The predicted octanol–water partition coefficient (Wildman–Crippen LogP) is 3.15. The van der Waals surface area contributed by atoms with Gasteiger partial charge < -0.3 is 9.84 Å². The van der Waals surface area contributed by atoms with Crippen LogP contribution in [0.5, 0.6) is 5.75 Å². The molecule has 0 fully saturated rings. The molecule has 1 aromatic heterocycles. The highest BCUT2D eigenvalue weighted by molar-refractivity contribution is 7.09. The Morgan fingerprint density at radius 3 is 3.06 bits per heavy atom. The van der Waals surface area contributed by atoms with E-state index in [1.165, 1.54) is 12.1 Å². The summed E-state index contributed by atoms with van der Waals surface area (Å²) in [5, 5.41) is 13.0. The number of ether oxygens (including phenoxy) is 1. The smallest absolute Gasteiger partial charge is 0.144 e. The van der Waals surface area contributed by atoms with E-state index < -0.39 is 6.10 Å². The first kappa shape index (κ1) is 11.6. The quantitative estimate of drug-likeness (QED) is 0.861. The molecule has 0 bridgehead atoms. The van der Waals surface area contributed by atoms with E-state index in [1.54, 1.807) is 17.4 Å². The van der Waals surface area contributed by atoms with Crippen molar-refractivity contribution >= 4 is 11.3 Å². The van der Waals surface area contributed by atoms with E-state index in [0.717, 1.165) is 10.7 Å². The molecular weight excluding hydrogens is 253 g/mol. The Bertz CT molecular complexity index is 584. The van der Waals surface area contributed by atoms with Crippen molar-refractivity contribution in [2.75, 3.05) is 0 Å². The number of halogens is 1. The number of benzene rings is 1. The van der Waals surface area contributed by atoms with Gasteiger partial charge in [0.25, 0.3) is 0 Å². The standard InChI is InChI=1S/C13H12FNO2S/c1-7-15-10(6-18-7)13-5-11(16)9-4-8(14)2-3-12(9)17-13/h2-4,6,11,13,16H,5H2,1H3/t11-,13?/m0/s1. The second-order valence-electron chi connectivity index (χ2n) is 4.33. The number of aromatic nitrogens is 1. The molecule has 0 saturated carbocycles. The van der Waals surface area contributed by atoms with E-state index in [9.17, 15) is 9.50 Å². The van der Waals surface area contributed by atoms with Crippen LogP contribution in [0.1, 0.15) is 34.9 Å². The van der Waals surface area contributed by atoms with E-state index in [-0.39, 0.29) is 11.9 Å². The largest absolute Gasteiger partial charge is 0.484 e. The summed E-state index contributed by atoms with van der Waals surface area (Å²) < 4.78 is 18.9. The SMILES string of the molecule is Cc1nc(C2C[C@H](O)c3cc(F)ccc3O2)cs1. The number of aliphatic hydroxyl groups excluding tert-OH is 1. The molecule has 0 spiro atoms. The summed E-state index contributed by atoms with van der Waals surface area (Å²) in [5.74, 6) is 0.171. The average molecular weight is 265 g/mol. The number of hydrogen-bond acceptors (Lipinski definition) is 4. The van der Waals surface area contributed by atoms with Crippen LogP contribution in [0.25, 0.3) is 0 Å². The van der Waals surface area contributed by atoms with Gasteiger partial charge in [0.15, 0.2) is 0 Å². The number of aliphatic hydroxyl groups is 1. The van der Waals surface area contributed by atoms with Crippen molar-refractivity contribution in [3.8, 4) is 5.75 Å². The normalized spacial score (nSPS) is 22.4. The van der Waals surface area contributed by atoms with Gasteiger partial charge in [0.1, 0.15) is 17.7 Å². The highest BCUT2D eigenvalue weighted by Gasteiger charge is 2.29. The molecular formula is C13H12FNO2S. The molecule has 18 heavy (non-hydrogen) atoms. The van der Waals surface area contributed by atoms with Gasteiger partial charge in [-0.15, -0.1) is 11.3 Å². The highest BCUT2D eigenvalue weighted by atomic mass is 32.1. The Balaban J connectivity index is 1.94. The van der Waals surface area contributed by atoms with Gasteiger partial charge in [-0.3, -0.25) is 0 Å². The van der Waals surface area contributed by atoms with Crippen LogP contribution >= 0.6 is 11.3 Å². The van der Waals surface area contributed by atoms with E-state index in [4.69, 9.17) is 4.74 Å². The Morgan fingerprint density at radius 1 is 1.50 bits per heavy atom. The molecule has 1 aromatic carbocycles. The van der Waals surface area contributed by atoms with Gasteiger partial charge in [-0.1, -0.05) is 0 Å². The average Bonchev–Trinajstić information content (AvgIpc) is 2.77. The van der Waals surface area contributed by atoms with Gasteiger partial charge >= 0.3 is 0 Å². The van der Waals surface area contributed by atoms with Crippen LogP contribution in [0.2, 0.25) is 0 Å². The van der Waals surface area contributed by atoms with Gasteiger partial charge in [-0.25, -0.2) is 9.37 Å². The zero-order valence-electron chi connectivity index (χ0n) is 9.76. The monoisotopic (exact) mass is 265 g/mol. The molecule has 0 amide bonds. The van der Waals surface area contributed by atoms with E-state index >= 15 is 0 Å². The molecule has 0 radical (unpaired) electrons. The molecule has 1 aliphatic rings. The maximum Gasteiger partial charge on any atom is 0.144 e. The summed E-state index contributed by atoms with van der Waals surface area (Å²) in [5.41, 5.74) is 1.34. The number of rotatable bonds is 1. The number of nitrogens with zero attached hydrogens (tertiary/aromatic N) is 1. The lowest BCUT2D eigenvalue weighted by Gasteiger charge is -2.28. The summed E-state index contributed by atoms with van der Waals surface area (Å²) in [7, 11) is 0. The van der Waals surface area contributed by atoms with Crippen LogP contribution in [0.15, 0.2) is 23.6 Å². The van der Waals surface area contributed by atoms with Gasteiger partial charge in [0, 0.05) is 17.4 Å². The van der Waals surface area contributed by atoms with Crippen LogP contribution in [0.3, 0.4) is 0 Å². The third kappa shape index (κ3) is 2.00. The first-order chi connectivity index (χ1) is 8.63. The first-order valence-corrected chi connectivity index (χ1v) is 6.57. The molecule has 1 N–H and O–H groups in total. The number of hydrogen-bond donors (Lipinski definition) is 1. The Morgan fingerprint density at radius 2 is 2.33 bits per heavy atom. The van der Waals surface area contributed by atoms with Crippen molar-refractivity contribution in [3.05, 3.63) is 45.7 Å². The van der Waals surface area contributed by atoms with Gasteiger partial charge in [0.2, 0.25) is 0 Å². The summed E-state index contributed by atoms with van der Waals surface area (Å²) in [6.07, 6.45) is -0.570.